The molecule has 7 rings (SSSR count). The van der Waals surface area contributed by atoms with Crippen molar-refractivity contribution in [3.63, 3.8) is 0 Å². The van der Waals surface area contributed by atoms with E-state index in [2.05, 4.69) is 11.2 Å². The van der Waals surface area contributed by atoms with Crippen LogP contribution in [0.25, 0.3) is 11.8 Å². The number of ether oxygens (including phenoxy) is 1. The van der Waals surface area contributed by atoms with Crippen LogP contribution in [0, 0.1) is 17.2 Å². The maximum Gasteiger partial charge on any atom is 0.243 e. The SMILES string of the molecule is O=S(=O)(c1cccc(N2CCC(F)C2)c1)N1CCC2=Cc3c(cnn3-c3ccc(F)cc3)CC2(COCC2CC2)C1. The summed E-state index contributed by atoms with van der Waals surface area (Å²) in [6, 6.07) is 13.2. The van der Waals surface area contributed by atoms with Gasteiger partial charge >= 0.3 is 0 Å². The van der Waals surface area contributed by atoms with Gasteiger partial charge in [0.1, 0.15) is 12.0 Å². The lowest BCUT2D eigenvalue weighted by Crippen LogP contribution is -2.51. The molecule has 3 aromatic rings. The number of hydrogen-bond donors (Lipinski definition) is 0. The maximum absolute atomic E-state index is 14.0. The van der Waals surface area contributed by atoms with E-state index in [4.69, 9.17) is 4.74 Å². The number of halogens is 2. The first-order chi connectivity index (χ1) is 19.8. The number of piperidine rings is 1. The highest BCUT2D eigenvalue weighted by molar-refractivity contribution is 7.89. The molecule has 0 amide bonds. The van der Waals surface area contributed by atoms with E-state index >= 15 is 0 Å². The second-order valence-corrected chi connectivity index (χ2v) is 13.9. The molecule has 10 heteroatoms. The van der Waals surface area contributed by atoms with Gasteiger partial charge in [0.2, 0.25) is 10.0 Å². The van der Waals surface area contributed by atoms with Crippen molar-refractivity contribution < 1.29 is 21.9 Å². The first kappa shape index (κ1) is 26.8. The largest absolute Gasteiger partial charge is 0.380 e. The number of alkyl halides is 1. The second-order valence-electron chi connectivity index (χ2n) is 11.9. The second kappa shape index (κ2) is 10.3. The molecule has 1 saturated carbocycles. The molecule has 41 heavy (non-hydrogen) atoms. The minimum absolute atomic E-state index is 0.236. The third-order valence-corrected chi connectivity index (χ3v) is 10.8. The van der Waals surface area contributed by atoms with Gasteiger partial charge < -0.3 is 9.64 Å². The zero-order chi connectivity index (χ0) is 28.2. The van der Waals surface area contributed by atoms with Crippen LogP contribution < -0.4 is 4.90 Å². The Balaban J connectivity index is 1.19. The van der Waals surface area contributed by atoms with Crippen molar-refractivity contribution in [2.24, 2.45) is 11.3 Å². The van der Waals surface area contributed by atoms with Gasteiger partial charge in [-0.05, 0) is 92.1 Å². The topological polar surface area (TPSA) is 67.7 Å². The molecule has 3 fully saturated rings. The van der Waals surface area contributed by atoms with E-state index in [1.54, 1.807) is 34.6 Å². The van der Waals surface area contributed by atoms with Crippen LogP contribution in [-0.2, 0) is 21.2 Å². The van der Waals surface area contributed by atoms with E-state index < -0.39 is 21.6 Å². The fraction of sp³-hybridized carbons (Fsp3) is 0.452. The summed E-state index contributed by atoms with van der Waals surface area (Å²) >= 11 is 0. The monoisotopic (exact) mass is 580 g/mol. The Morgan fingerprint density at radius 2 is 1.88 bits per heavy atom. The lowest BCUT2D eigenvalue weighted by Gasteiger charge is -2.46. The summed E-state index contributed by atoms with van der Waals surface area (Å²) in [6.07, 6.45) is 7.10. The highest BCUT2D eigenvalue weighted by atomic mass is 32.2. The van der Waals surface area contributed by atoms with E-state index in [9.17, 15) is 17.2 Å². The van der Waals surface area contributed by atoms with Crippen molar-refractivity contribution in [2.45, 2.75) is 43.2 Å². The number of sulfonamides is 1. The first-order valence-electron chi connectivity index (χ1n) is 14.4. The third-order valence-electron chi connectivity index (χ3n) is 8.97. The van der Waals surface area contributed by atoms with Crippen LogP contribution in [-0.4, -0.2) is 68.1 Å². The lowest BCUT2D eigenvalue weighted by atomic mass is 9.69. The van der Waals surface area contributed by atoms with Gasteiger partial charge in [-0.15, -0.1) is 0 Å². The van der Waals surface area contributed by atoms with Crippen LogP contribution >= 0.6 is 0 Å². The van der Waals surface area contributed by atoms with Crippen LogP contribution in [0.15, 0.2) is 65.2 Å². The van der Waals surface area contributed by atoms with Crippen molar-refractivity contribution >= 4 is 21.8 Å². The van der Waals surface area contributed by atoms with Gasteiger partial charge in [-0.2, -0.15) is 9.40 Å². The van der Waals surface area contributed by atoms with Gasteiger partial charge in [0.15, 0.2) is 0 Å². The molecule has 2 atom stereocenters. The van der Waals surface area contributed by atoms with Crippen molar-refractivity contribution in [3.05, 3.63) is 77.4 Å². The van der Waals surface area contributed by atoms with Gasteiger partial charge in [-0.1, -0.05) is 11.6 Å². The van der Waals surface area contributed by atoms with Crippen LogP contribution in [0.2, 0.25) is 0 Å². The quantitative estimate of drug-likeness (QED) is 0.375. The highest BCUT2D eigenvalue weighted by Gasteiger charge is 2.46. The Kier molecular flexibility index (Phi) is 6.75. The van der Waals surface area contributed by atoms with E-state index in [1.807, 2.05) is 21.8 Å². The fourth-order valence-corrected chi connectivity index (χ4v) is 8.03. The summed E-state index contributed by atoms with van der Waals surface area (Å²) in [5.41, 5.74) is 4.14. The van der Waals surface area contributed by atoms with Crippen molar-refractivity contribution in [1.82, 2.24) is 14.1 Å². The molecule has 2 aliphatic carbocycles. The summed E-state index contributed by atoms with van der Waals surface area (Å²) < 4.78 is 65.1. The van der Waals surface area contributed by atoms with Gasteiger partial charge in [-0.25, -0.2) is 21.9 Å². The van der Waals surface area contributed by atoms with Crippen molar-refractivity contribution in [3.8, 4) is 5.69 Å². The molecule has 0 radical (unpaired) electrons. The average Bonchev–Trinajstić information content (AvgIpc) is 3.55. The molecule has 2 unspecified atom stereocenters. The van der Waals surface area contributed by atoms with E-state index in [0.29, 0.717) is 58.0 Å². The number of hydrogen-bond acceptors (Lipinski definition) is 5. The normalized spacial score (nSPS) is 24.7. The zero-order valence-electron chi connectivity index (χ0n) is 22.9. The number of fused-ring (bicyclic) bond motifs is 2. The van der Waals surface area contributed by atoms with Gasteiger partial charge in [0.25, 0.3) is 0 Å². The molecule has 216 valence electrons. The summed E-state index contributed by atoms with van der Waals surface area (Å²) in [5.74, 6) is 0.297. The predicted molar refractivity (Wildman–Crippen MR) is 153 cm³/mol. The van der Waals surface area contributed by atoms with Crippen molar-refractivity contribution in [1.29, 1.82) is 0 Å². The Morgan fingerprint density at radius 1 is 1.05 bits per heavy atom. The molecule has 0 spiro atoms. The van der Waals surface area contributed by atoms with E-state index in [-0.39, 0.29) is 17.3 Å². The number of rotatable bonds is 8. The number of aromatic nitrogens is 2. The Labute approximate surface area is 239 Å². The predicted octanol–water partition coefficient (Wildman–Crippen LogP) is 5.01. The lowest BCUT2D eigenvalue weighted by molar-refractivity contribution is 0.0358. The average molecular weight is 581 g/mol. The Bertz CT molecular complexity index is 1580. The van der Waals surface area contributed by atoms with E-state index in [1.165, 1.54) is 25.0 Å². The molecule has 2 aromatic carbocycles. The molecular formula is C31H34F2N4O3S. The summed E-state index contributed by atoms with van der Waals surface area (Å²) in [6.45, 7) is 2.67. The molecule has 3 heterocycles. The summed E-state index contributed by atoms with van der Waals surface area (Å²) in [5, 5.41) is 4.62. The third kappa shape index (κ3) is 5.10. The Hall–Kier alpha value is -3.08. The first-order valence-corrected chi connectivity index (χ1v) is 15.9. The maximum atomic E-state index is 14.0. The van der Waals surface area contributed by atoms with Crippen LogP contribution in [0.4, 0.5) is 14.5 Å². The minimum Gasteiger partial charge on any atom is -0.380 e. The van der Waals surface area contributed by atoms with E-state index in [0.717, 1.165) is 28.2 Å². The smallest absolute Gasteiger partial charge is 0.243 e. The van der Waals surface area contributed by atoms with Gasteiger partial charge in [0, 0.05) is 43.9 Å². The van der Waals surface area contributed by atoms with Crippen LogP contribution in [0.1, 0.15) is 36.9 Å². The number of nitrogens with zero attached hydrogens (tertiary/aromatic N) is 4. The Morgan fingerprint density at radius 3 is 2.63 bits per heavy atom. The molecule has 0 bridgehead atoms. The molecular weight excluding hydrogens is 546 g/mol. The molecule has 2 aliphatic heterocycles. The van der Waals surface area contributed by atoms with Crippen molar-refractivity contribution in [2.75, 3.05) is 44.3 Å². The van der Waals surface area contributed by atoms with Crippen LogP contribution in [0.5, 0.6) is 0 Å². The van der Waals surface area contributed by atoms with Gasteiger partial charge in [0.05, 0.1) is 29.1 Å². The molecule has 0 N–H and O–H groups in total. The number of anilines is 1. The van der Waals surface area contributed by atoms with Gasteiger partial charge in [-0.3, -0.25) is 0 Å². The standard InChI is InChI=1S/C31H34F2N4O3S/c32-25-6-8-27(9-7-25)37-30-14-24-10-13-36(20-31(24,16-23(30)17-34-37)21-40-19-22-4-5-22)41(38,39)29-3-1-2-28(15-29)35-12-11-26(33)18-35/h1-3,6-9,14-15,17,22,26H,4-5,10-13,16,18-21H2. The molecule has 2 saturated heterocycles. The minimum atomic E-state index is -3.79. The number of benzene rings is 2. The molecule has 4 aliphatic rings. The summed E-state index contributed by atoms with van der Waals surface area (Å²) in [4.78, 5) is 2.15. The highest BCUT2D eigenvalue weighted by Crippen LogP contribution is 2.46. The van der Waals surface area contributed by atoms with Crippen LogP contribution in [0.3, 0.4) is 0 Å². The molecule has 7 nitrogen and oxygen atoms in total. The molecule has 1 aromatic heterocycles. The fourth-order valence-electron chi connectivity index (χ4n) is 6.46. The summed E-state index contributed by atoms with van der Waals surface area (Å²) in [7, 11) is -3.79. The zero-order valence-corrected chi connectivity index (χ0v) is 23.7.